The first kappa shape index (κ1) is 25.0. The number of carbonyl (C=O) groups excluding carboxylic acids is 1. The first-order chi connectivity index (χ1) is 17.6. The molecule has 37 heavy (non-hydrogen) atoms. The van der Waals surface area contributed by atoms with Gasteiger partial charge in [-0.2, -0.15) is 10.2 Å². The van der Waals surface area contributed by atoms with Crippen molar-refractivity contribution in [1.29, 1.82) is 0 Å². The molecule has 8 heteroatoms. The molecule has 2 N–H and O–H groups in total. The smallest absolute Gasteiger partial charge is 0.408 e. The molecule has 4 aromatic rings. The van der Waals surface area contributed by atoms with Crippen molar-refractivity contribution in [2.24, 2.45) is 0 Å². The molecule has 2 aromatic carbocycles. The molecule has 1 aliphatic heterocycles. The Morgan fingerprint density at radius 1 is 1.08 bits per heavy atom. The Balaban J connectivity index is 1.49. The summed E-state index contributed by atoms with van der Waals surface area (Å²) in [6, 6.07) is 14.4. The van der Waals surface area contributed by atoms with Crippen molar-refractivity contribution in [3.63, 3.8) is 0 Å². The monoisotopic (exact) mass is 501 g/mol. The van der Waals surface area contributed by atoms with Gasteiger partial charge in [-0.15, -0.1) is 0 Å². The summed E-state index contributed by atoms with van der Waals surface area (Å²) < 4.78 is 13.4. The average Bonchev–Trinajstić information content (AvgIpc) is 3.53. The quantitative estimate of drug-likeness (QED) is 0.323. The minimum atomic E-state index is -0.600. The molecule has 1 amide bonds. The SMILES string of the molecule is CC(C)(C)OC(=O)NC(C)(C)c1ccc(-c2ccc3nn(C4CCCCO4)cc3c2-c2cc[nH]n2)cc1. The van der Waals surface area contributed by atoms with Crippen LogP contribution in [0.15, 0.2) is 54.9 Å². The number of fused-ring (bicyclic) bond motifs is 1. The van der Waals surface area contributed by atoms with Crippen LogP contribution in [0.1, 0.15) is 65.7 Å². The van der Waals surface area contributed by atoms with E-state index in [9.17, 15) is 4.79 Å². The molecular formula is C29H35N5O3. The zero-order chi connectivity index (χ0) is 26.2. The number of hydrogen-bond acceptors (Lipinski definition) is 5. The summed E-state index contributed by atoms with van der Waals surface area (Å²) in [5, 5.41) is 16.3. The average molecular weight is 502 g/mol. The Kier molecular flexibility index (Phi) is 6.54. The maximum Gasteiger partial charge on any atom is 0.408 e. The number of ether oxygens (including phenoxy) is 2. The summed E-state index contributed by atoms with van der Waals surface area (Å²) >= 11 is 0. The van der Waals surface area contributed by atoms with Crippen LogP contribution in [0, 0.1) is 0 Å². The van der Waals surface area contributed by atoms with Gasteiger partial charge in [-0.25, -0.2) is 9.48 Å². The van der Waals surface area contributed by atoms with Crippen LogP contribution in [-0.2, 0) is 15.0 Å². The largest absolute Gasteiger partial charge is 0.444 e. The number of alkyl carbamates (subject to hydrolysis) is 1. The lowest BCUT2D eigenvalue weighted by molar-refractivity contribution is -0.0390. The molecule has 1 aliphatic rings. The summed E-state index contributed by atoms with van der Waals surface area (Å²) in [4.78, 5) is 12.4. The summed E-state index contributed by atoms with van der Waals surface area (Å²) in [7, 11) is 0. The number of amides is 1. The minimum absolute atomic E-state index is 0.0318. The first-order valence-electron chi connectivity index (χ1n) is 12.9. The maximum absolute atomic E-state index is 12.4. The number of carbonyl (C=O) groups is 1. The van der Waals surface area contributed by atoms with Gasteiger partial charge in [0.15, 0.2) is 0 Å². The molecule has 1 fully saturated rings. The number of benzene rings is 2. The van der Waals surface area contributed by atoms with Crippen LogP contribution >= 0.6 is 0 Å². The van der Waals surface area contributed by atoms with Gasteiger partial charge in [-0.1, -0.05) is 30.3 Å². The summed E-state index contributed by atoms with van der Waals surface area (Å²) in [5.74, 6) is 0. The number of H-pyrrole nitrogens is 1. The van der Waals surface area contributed by atoms with Crippen LogP contribution < -0.4 is 5.32 Å². The van der Waals surface area contributed by atoms with Crippen molar-refractivity contribution in [2.75, 3.05) is 6.61 Å². The van der Waals surface area contributed by atoms with E-state index in [1.54, 1.807) is 0 Å². The predicted octanol–water partition coefficient (Wildman–Crippen LogP) is 6.55. The van der Waals surface area contributed by atoms with Crippen molar-refractivity contribution >= 4 is 17.0 Å². The highest BCUT2D eigenvalue weighted by molar-refractivity contribution is 6.01. The van der Waals surface area contributed by atoms with Gasteiger partial charge in [0.2, 0.25) is 0 Å². The van der Waals surface area contributed by atoms with Crippen LogP contribution in [0.4, 0.5) is 4.79 Å². The number of aromatic nitrogens is 4. The Morgan fingerprint density at radius 2 is 1.86 bits per heavy atom. The molecule has 0 radical (unpaired) electrons. The molecular weight excluding hydrogens is 466 g/mol. The lowest BCUT2D eigenvalue weighted by Gasteiger charge is -2.29. The summed E-state index contributed by atoms with van der Waals surface area (Å²) in [6.07, 6.45) is 6.65. The number of aromatic amines is 1. The summed E-state index contributed by atoms with van der Waals surface area (Å²) in [6.45, 7) is 10.3. The Bertz CT molecular complexity index is 1380. The molecule has 0 spiro atoms. The van der Waals surface area contributed by atoms with Gasteiger partial charge in [-0.05, 0) is 82.7 Å². The number of nitrogens with zero attached hydrogens (tertiary/aromatic N) is 3. The maximum atomic E-state index is 12.4. The van der Waals surface area contributed by atoms with Gasteiger partial charge in [-0.3, -0.25) is 5.10 Å². The number of rotatable bonds is 5. The van der Waals surface area contributed by atoms with Gasteiger partial charge in [0.25, 0.3) is 0 Å². The molecule has 0 bridgehead atoms. The van der Waals surface area contributed by atoms with Crippen LogP contribution in [-0.4, -0.2) is 38.3 Å². The number of hydrogen-bond donors (Lipinski definition) is 2. The second-order valence-corrected chi connectivity index (χ2v) is 11.1. The molecule has 194 valence electrons. The van der Waals surface area contributed by atoms with Crippen molar-refractivity contribution in [3.05, 3.63) is 60.4 Å². The molecule has 8 nitrogen and oxygen atoms in total. The van der Waals surface area contributed by atoms with Crippen LogP contribution in [0.25, 0.3) is 33.3 Å². The van der Waals surface area contributed by atoms with Gasteiger partial charge in [0.1, 0.15) is 11.8 Å². The Hall–Kier alpha value is -3.65. The molecule has 3 heterocycles. The molecule has 5 rings (SSSR count). The highest BCUT2D eigenvalue weighted by atomic mass is 16.6. The van der Waals surface area contributed by atoms with E-state index in [2.05, 4.69) is 46.0 Å². The summed E-state index contributed by atoms with van der Waals surface area (Å²) in [5.41, 5.74) is 4.74. The van der Waals surface area contributed by atoms with Gasteiger partial charge < -0.3 is 14.8 Å². The Labute approximate surface area is 217 Å². The fourth-order valence-electron chi connectivity index (χ4n) is 4.81. The molecule has 1 atom stereocenters. The standard InChI is InChI=1S/C29H35N5O3/c1-28(2,3)37-27(35)31-29(4,5)20-11-9-19(10-12-20)21-13-14-23-22(26(21)24-15-16-30-32-24)18-34(33-23)25-8-6-7-17-36-25/h9-16,18,25H,6-8,17H2,1-5H3,(H,30,32)(H,31,35). The van der Waals surface area contributed by atoms with Crippen LogP contribution in [0.2, 0.25) is 0 Å². The van der Waals surface area contributed by atoms with Crippen molar-refractivity contribution in [3.8, 4) is 22.4 Å². The second kappa shape index (κ2) is 9.67. The van der Waals surface area contributed by atoms with E-state index in [0.717, 1.165) is 64.7 Å². The van der Waals surface area contributed by atoms with E-state index in [1.165, 1.54) is 0 Å². The predicted molar refractivity (Wildman–Crippen MR) is 144 cm³/mol. The van der Waals surface area contributed by atoms with E-state index >= 15 is 0 Å². The molecule has 1 saturated heterocycles. The first-order valence-corrected chi connectivity index (χ1v) is 12.9. The van der Waals surface area contributed by atoms with Crippen molar-refractivity contribution in [1.82, 2.24) is 25.3 Å². The molecule has 1 unspecified atom stereocenters. The third-order valence-electron chi connectivity index (χ3n) is 6.65. The molecule has 2 aromatic heterocycles. The van der Waals surface area contributed by atoms with E-state index in [1.807, 2.05) is 63.7 Å². The van der Waals surface area contributed by atoms with E-state index in [0.29, 0.717) is 0 Å². The highest BCUT2D eigenvalue weighted by Crippen LogP contribution is 2.38. The van der Waals surface area contributed by atoms with Gasteiger partial charge in [0, 0.05) is 30.0 Å². The van der Waals surface area contributed by atoms with E-state index in [-0.39, 0.29) is 6.23 Å². The van der Waals surface area contributed by atoms with Crippen molar-refractivity contribution < 1.29 is 14.3 Å². The fraction of sp³-hybridized carbons (Fsp3) is 0.414. The van der Waals surface area contributed by atoms with E-state index in [4.69, 9.17) is 14.6 Å². The minimum Gasteiger partial charge on any atom is -0.444 e. The fourth-order valence-corrected chi connectivity index (χ4v) is 4.81. The second-order valence-electron chi connectivity index (χ2n) is 11.1. The van der Waals surface area contributed by atoms with Gasteiger partial charge >= 0.3 is 6.09 Å². The van der Waals surface area contributed by atoms with Gasteiger partial charge in [0.05, 0.1) is 16.7 Å². The third-order valence-corrected chi connectivity index (χ3v) is 6.65. The molecule has 0 aliphatic carbocycles. The van der Waals surface area contributed by atoms with Crippen molar-refractivity contribution in [2.45, 2.75) is 71.2 Å². The number of nitrogens with one attached hydrogen (secondary N) is 2. The highest BCUT2D eigenvalue weighted by Gasteiger charge is 2.27. The van der Waals surface area contributed by atoms with Crippen LogP contribution in [0.5, 0.6) is 0 Å². The van der Waals surface area contributed by atoms with E-state index < -0.39 is 17.2 Å². The normalized spacial score (nSPS) is 16.6. The molecule has 0 saturated carbocycles. The lowest BCUT2D eigenvalue weighted by Crippen LogP contribution is -2.43. The zero-order valence-corrected chi connectivity index (χ0v) is 22.2. The topological polar surface area (TPSA) is 94.1 Å². The third kappa shape index (κ3) is 5.39. The lowest BCUT2D eigenvalue weighted by atomic mass is 9.90. The zero-order valence-electron chi connectivity index (χ0n) is 22.2. The van der Waals surface area contributed by atoms with Crippen LogP contribution in [0.3, 0.4) is 0 Å². The Morgan fingerprint density at radius 3 is 2.51 bits per heavy atom.